The van der Waals surface area contributed by atoms with Crippen molar-refractivity contribution in [1.82, 2.24) is 15.1 Å². The molecule has 2 aromatic carbocycles. The number of likely N-dealkylation sites (N-methyl/N-ethyl adjacent to an activating group) is 1. The lowest BCUT2D eigenvalue weighted by molar-refractivity contribution is -0.158. The van der Waals surface area contributed by atoms with Crippen LogP contribution in [0.3, 0.4) is 0 Å². The van der Waals surface area contributed by atoms with E-state index in [9.17, 15) is 22.8 Å². The smallest absolute Gasteiger partial charge is 0.416 e. The summed E-state index contributed by atoms with van der Waals surface area (Å²) in [5.41, 5.74) is 3.27. The van der Waals surface area contributed by atoms with Crippen molar-refractivity contribution < 1.29 is 37.0 Å². The van der Waals surface area contributed by atoms with Crippen LogP contribution in [0.25, 0.3) is 11.3 Å². The molecule has 1 N–H and O–H groups in total. The van der Waals surface area contributed by atoms with E-state index in [0.717, 1.165) is 34.5 Å². The largest absolute Gasteiger partial charge is 0.476 e. The fourth-order valence-corrected chi connectivity index (χ4v) is 4.51. The first-order valence-electron chi connectivity index (χ1n) is 14.6. The standard InChI is InChI=1S/C28H34F3N3O3.C5H10O2/c1-8-36-26(35)27(4,5)37-24-14-11-20(15-17(24)2)22(32-6)16-23-18(3)25(33-34(23)7)19-9-12-21(13-10-19)28(29,30)31;1-3-5(6)7-4-2/h9-15,22,32H,8,16H2,1-7H3;3-4H2,1-2H3. The fourth-order valence-electron chi connectivity index (χ4n) is 4.51. The molecule has 0 spiro atoms. The molecule has 0 radical (unpaired) electrons. The molecule has 0 amide bonds. The molecule has 3 rings (SSSR count). The average molecular weight is 620 g/mol. The van der Waals surface area contributed by atoms with E-state index in [1.807, 2.05) is 46.1 Å². The molecule has 0 aliphatic rings. The molecule has 1 aromatic heterocycles. The molecule has 44 heavy (non-hydrogen) atoms. The highest BCUT2D eigenvalue weighted by atomic mass is 19.4. The van der Waals surface area contributed by atoms with Crippen molar-refractivity contribution in [1.29, 1.82) is 0 Å². The molecule has 0 aliphatic carbocycles. The maximum absolute atomic E-state index is 13.0. The van der Waals surface area contributed by atoms with Crippen LogP contribution in [-0.2, 0) is 38.7 Å². The van der Waals surface area contributed by atoms with Gasteiger partial charge in [-0.3, -0.25) is 9.48 Å². The Morgan fingerprint density at radius 1 is 0.977 bits per heavy atom. The molecule has 1 unspecified atom stereocenters. The van der Waals surface area contributed by atoms with Crippen LogP contribution >= 0.6 is 0 Å². The zero-order chi connectivity index (χ0) is 33.2. The molecule has 1 atom stereocenters. The SMILES string of the molecule is CCOC(=O)C(C)(C)Oc1ccc(C(Cc2c(C)c(-c3ccc(C(F)(F)F)cc3)nn2C)NC)cc1C.CCOC(=O)CC. The van der Waals surface area contributed by atoms with Crippen molar-refractivity contribution in [3.8, 4) is 17.0 Å². The van der Waals surface area contributed by atoms with Crippen LogP contribution in [0.1, 0.15) is 75.0 Å². The van der Waals surface area contributed by atoms with Crippen molar-refractivity contribution >= 4 is 11.9 Å². The van der Waals surface area contributed by atoms with Gasteiger partial charge in [-0.15, -0.1) is 0 Å². The average Bonchev–Trinajstić information content (AvgIpc) is 3.25. The Morgan fingerprint density at radius 2 is 1.59 bits per heavy atom. The van der Waals surface area contributed by atoms with Gasteiger partial charge in [0.2, 0.25) is 0 Å². The van der Waals surface area contributed by atoms with Crippen LogP contribution in [0.15, 0.2) is 42.5 Å². The van der Waals surface area contributed by atoms with E-state index >= 15 is 0 Å². The van der Waals surface area contributed by atoms with E-state index in [2.05, 4.69) is 15.2 Å². The van der Waals surface area contributed by atoms with Gasteiger partial charge < -0.3 is 19.5 Å². The second-order valence-electron chi connectivity index (χ2n) is 10.7. The number of hydrogen-bond acceptors (Lipinski definition) is 7. The monoisotopic (exact) mass is 619 g/mol. The van der Waals surface area contributed by atoms with E-state index in [-0.39, 0.29) is 18.6 Å². The van der Waals surface area contributed by atoms with E-state index in [1.54, 1.807) is 39.3 Å². The molecule has 11 heteroatoms. The lowest BCUT2D eigenvalue weighted by Crippen LogP contribution is -2.39. The Kier molecular flexibility index (Phi) is 13.0. The van der Waals surface area contributed by atoms with Crippen LogP contribution in [0.5, 0.6) is 5.75 Å². The van der Waals surface area contributed by atoms with Crippen molar-refractivity contribution in [3.05, 3.63) is 70.4 Å². The van der Waals surface area contributed by atoms with Crippen LogP contribution in [0, 0.1) is 13.8 Å². The van der Waals surface area contributed by atoms with Gasteiger partial charge in [0.1, 0.15) is 5.75 Å². The van der Waals surface area contributed by atoms with Crippen LogP contribution < -0.4 is 10.1 Å². The molecule has 0 aliphatic heterocycles. The first kappa shape index (κ1) is 36.3. The number of esters is 2. The van der Waals surface area contributed by atoms with Crippen molar-refractivity contribution in [2.24, 2.45) is 7.05 Å². The number of benzene rings is 2. The Morgan fingerprint density at radius 3 is 2.07 bits per heavy atom. The molecule has 242 valence electrons. The zero-order valence-electron chi connectivity index (χ0n) is 27.0. The lowest BCUT2D eigenvalue weighted by Gasteiger charge is -2.26. The number of hydrogen-bond donors (Lipinski definition) is 1. The highest BCUT2D eigenvalue weighted by Gasteiger charge is 2.32. The summed E-state index contributed by atoms with van der Waals surface area (Å²) in [7, 11) is 3.71. The van der Waals surface area contributed by atoms with Gasteiger partial charge in [0.15, 0.2) is 5.60 Å². The number of alkyl halides is 3. The quantitative estimate of drug-likeness (QED) is 0.233. The third kappa shape index (κ3) is 9.57. The van der Waals surface area contributed by atoms with E-state index in [1.165, 1.54) is 12.1 Å². The predicted molar refractivity (Wildman–Crippen MR) is 163 cm³/mol. The van der Waals surface area contributed by atoms with Gasteiger partial charge in [0.05, 0.1) is 24.5 Å². The minimum Gasteiger partial charge on any atom is -0.476 e. The van der Waals surface area contributed by atoms with Gasteiger partial charge in [-0.25, -0.2) is 4.79 Å². The van der Waals surface area contributed by atoms with Crippen molar-refractivity contribution in [3.63, 3.8) is 0 Å². The Labute approximate surface area is 257 Å². The summed E-state index contributed by atoms with van der Waals surface area (Å²) in [6.45, 7) is 13.3. The molecule has 0 bridgehead atoms. The minimum absolute atomic E-state index is 0.0552. The minimum atomic E-state index is -4.38. The van der Waals surface area contributed by atoms with Crippen LogP contribution in [0.4, 0.5) is 13.2 Å². The number of rotatable bonds is 11. The number of carbonyl (C=O) groups is 2. The van der Waals surface area contributed by atoms with Gasteiger partial charge in [-0.1, -0.05) is 31.2 Å². The molecule has 0 saturated heterocycles. The van der Waals surface area contributed by atoms with E-state index in [0.29, 0.717) is 36.5 Å². The molecular weight excluding hydrogens is 575 g/mol. The lowest BCUT2D eigenvalue weighted by atomic mass is 9.97. The summed E-state index contributed by atoms with van der Waals surface area (Å²) in [6.07, 6.45) is -3.29. The summed E-state index contributed by atoms with van der Waals surface area (Å²) >= 11 is 0. The molecular formula is C33H44F3N3O5. The number of nitrogens with one attached hydrogen (secondary N) is 1. The van der Waals surface area contributed by atoms with E-state index < -0.39 is 23.3 Å². The van der Waals surface area contributed by atoms with E-state index in [4.69, 9.17) is 9.47 Å². The molecule has 3 aromatic rings. The van der Waals surface area contributed by atoms with Gasteiger partial charge in [-0.2, -0.15) is 18.3 Å². The van der Waals surface area contributed by atoms with Crippen molar-refractivity contribution in [2.45, 2.75) is 79.1 Å². The zero-order valence-corrected chi connectivity index (χ0v) is 27.0. The summed E-state index contributed by atoms with van der Waals surface area (Å²) in [4.78, 5) is 22.4. The summed E-state index contributed by atoms with van der Waals surface area (Å²) in [5.74, 6) is 0.0440. The topological polar surface area (TPSA) is 91.7 Å². The maximum atomic E-state index is 13.0. The van der Waals surface area contributed by atoms with Gasteiger partial charge in [0, 0.05) is 37.2 Å². The highest BCUT2D eigenvalue weighted by molar-refractivity contribution is 5.79. The summed E-state index contributed by atoms with van der Waals surface area (Å²) < 4.78 is 56.3. The second kappa shape index (κ2) is 15.7. The summed E-state index contributed by atoms with van der Waals surface area (Å²) in [5, 5.41) is 7.94. The number of aryl methyl sites for hydroxylation is 2. The Bertz CT molecular complexity index is 1400. The molecule has 0 fully saturated rings. The predicted octanol–water partition coefficient (Wildman–Crippen LogP) is 6.91. The molecule has 1 heterocycles. The first-order valence-corrected chi connectivity index (χ1v) is 14.6. The number of aromatic nitrogens is 2. The number of carbonyl (C=O) groups excluding carboxylic acids is 2. The third-order valence-electron chi connectivity index (χ3n) is 6.99. The normalized spacial score (nSPS) is 12.2. The highest BCUT2D eigenvalue weighted by Crippen LogP contribution is 2.33. The fraction of sp³-hybridized carbons (Fsp3) is 0.485. The van der Waals surface area contributed by atoms with Gasteiger partial charge in [-0.05, 0) is 83.5 Å². The van der Waals surface area contributed by atoms with Gasteiger partial charge in [0.25, 0.3) is 0 Å². The summed E-state index contributed by atoms with van der Waals surface area (Å²) in [6, 6.07) is 10.8. The van der Waals surface area contributed by atoms with Gasteiger partial charge >= 0.3 is 18.1 Å². The first-order chi connectivity index (χ1) is 20.6. The van der Waals surface area contributed by atoms with Crippen LogP contribution in [-0.4, -0.2) is 47.6 Å². The Hall–Kier alpha value is -3.86. The molecule has 0 saturated carbocycles. The Balaban J connectivity index is 0.000000860. The molecule has 8 nitrogen and oxygen atoms in total. The number of halogens is 3. The van der Waals surface area contributed by atoms with Crippen molar-refractivity contribution in [2.75, 3.05) is 20.3 Å². The number of nitrogens with zero attached hydrogens (tertiary/aromatic N) is 2. The van der Waals surface area contributed by atoms with Crippen LogP contribution in [0.2, 0.25) is 0 Å². The second-order valence-corrected chi connectivity index (χ2v) is 10.7. The maximum Gasteiger partial charge on any atom is 0.416 e. The third-order valence-corrected chi connectivity index (χ3v) is 6.99. The number of ether oxygens (including phenoxy) is 3.